The van der Waals surface area contributed by atoms with Gasteiger partial charge >= 0.3 is 26.5 Å². The van der Waals surface area contributed by atoms with Crippen LogP contribution in [0.15, 0.2) is 58.8 Å². The van der Waals surface area contributed by atoms with E-state index >= 15 is 8.78 Å². The number of ether oxygens (including phenoxy) is 4. The van der Waals surface area contributed by atoms with Crippen molar-refractivity contribution in [1.29, 1.82) is 0 Å². The first-order valence-electron chi connectivity index (χ1n) is 16.5. The fourth-order valence-electron chi connectivity index (χ4n) is 5.48. The molecule has 304 valence electrons. The molecule has 56 heavy (non-hydrogen) atoms. The Labute approximate surface area is 318 Å². The minimum absolute atomic E-state index is 0.00357. The summed E-state index contributed by atoms with van der Waals surface area (Å²) in [5.74, 6) is -0.109. The summed E-state index contributed by atoms with van der Waals surface area (Å²) in [7, 11) is -4.26. The second kappa shape index (κ2) is 17.2. The summed E-state index contributed by atoms with van der Waals surface area (Å²) < 4.78 is 106. The van der Waals surface area contributed by atoms with E-state index in [0.29, 0.717) is 16.9 Å². The predicted octanol–water partition coefficient (Wildman–Crippen LogP) is 3.56. The minimum atomic E-state index is -5.34. The van der Waals surface area contributed by atoms with Gasteiger partial charge in [0.05, 0.1) is 25.6 Å². The second-order valence-corrected chi connectivity index (χ2v) is 17.8. The van der Waals surface area contributed by atoms with Gasteiger partial charge in [-0.05, 0) is 42.9 Å². The van der Waals surface area contributed by atoms with E-state index in [1.54, 1.807) is 13.8 Å². The van der Waals surface area contributed by atoms with Crippen LogP contribution in [0, 0.1) is 0 Å². The Kier molecular flexibility index (Phi) is 12.7. The number of hydrogen-bond donors (Lipinski definition) is 3. The summed E-state index contributed by atoms with van der Waals surface area (Å²) in [6, 6.07) is 6.84. The van der Waals surface area contributed by atoms with Crippen LogP contribution in [-0.4, -0.2) is 97.1 Å². The number of phosphoric acid groups is 1. The number of phosphoric ester groups is 1. The van der Waals surface area contributed by atoms with E-state index in [0.717, 1.165) is 41.2 Å². The molecular formula is C30H35F2N7O14P2S. The summed E-state index contributed by atoms with van der Waals surface area (Å²) in [5.41, 5.74) is 4.34. The molecule has 1 aromatic carbocycles. The second-order valence-electron chi connectivity index (χ2n) is 12.3. The van der Waals surface area contributed by atoms with Crippen LogP contribution in [0.4, 0.5) is 19.4 Å². The Morgan fingerprint density at radius 2 is 1.88 bits per heavy atom. The van der Waals surface area contributed by atoms with Gasteiger partial charge in [-0.2, -0.15) is 0 Å². The van der Waals surface area contributed by atoms with Crippen molar-refractivity contribution < 1.29 is 64.6 Å². The lowest BCUT2D eigenvalue weighted by Gasteiger charge is -2.31. The van der Waals surface area contributed by atoms with E-state index in [-0.39, 0.29) is 28.5 Å². The van der Waals surface area contributed by atoms with Gasteiger partial charge in [0, 0.05) is 25.1 Å². The third-order valence-corrected chi connectivity index (χ3v) is 12.8. The first kappa shape index (κ1) is 41.5. The monoisotopic (exact) mass is 849 g/mol. The number of H-pyrrole nitrogens is 1. The maximum absolute atomic E-state index is 16.5. The van der Waals surface area contributed by atoms with Crippen molar-refractivity contribution in [1.82, 2.24) is 29.1 Å². The van der Waals surface area contributed by atoms with E-state index in [1.165, 1.54) is 24.3 Å². The lowest BCUT2D eigenvalue weighted by Crippen LogP contribution is -2.40. The number of aromatic nitrogens is 6. The molecule has 21 nitrogen and oxygen atoms in total. The summed E-state index contributed by atoms with van der Waals surface area (Å²) in [6.45, 7) is -3.30. The number of nitrogen functional groups attached to an aromatic ring is 1. The fraction of sp³-hybridized carbons (Fsp3) is 0.467. The number of nitrogens with zero attached hydrogens (tertiary/aromatic N) is 5. The van der Waals surface area contributed by atoms with Gasteiger partial charge in [0.25, 0.3) is 5.56 Å². The average molecular weight is 850 g/mol. The molecule has 0 saturated carbocycles. The highest BCUT2D eigenvalue weighted by Crippen LogP contribution is 2.64. The standard InChI is InChI=1S/C30H35F2N7O14P2S/c1-15(2)49-30(42)50-17-6-4-16(5-7-17)12-56-55(45)48-11-19(46-3)23(25(32)39-14-36-22-26(33)34-13-35-27(22)39)52-54(43,44)47-10-18-21(31)24(53-55)28(51-18)38-9-8-20(40)37-29(38)41/h4-9,13-15,18-19,21,23-25,28H,10-12H2,1-3H3,(H,43,44)(H2,33,34,35)(H,37,40,41)/t18-,19-,21-,23-,24-,25+,28-,55-/m1/s1. The first-order valence-corrected chi connectivity index (χ1v) is 21.1. The first-order chi connectivity index (χ1) is 26.6. The fourth-order valence-corrected chi connectivity index (χ4v) is 9.77. The topological polar surface area (TPSA) is 270 Å². The zero-order valence-corrected chi connectivity index (χ0v) is 32.1. The number of nitrogens with one attached hydrogen (secondary N) is 1. The predicted molar refractivity (Wildman–Crippen MR) is 190 cm³/mol. The van der Waals surface area contributed by atoms with Crippen LogP contribution in [0.2, 0.25) is 0 Å². The van der Waals surface area contributed by atoms with Crippen molar-refractivity contribution in [2.24, 2.45) is 0 Å². The Bertz CT molecular complexity index is 2250. The third-order valence-electron chi connectivity index (χ3n) is 8.13. The van der Waals surface area contributed by atoms with Crippen molar-refractivity contribution in [2.45, 2.75) is 68.8 Å². The van der Waals surface area contributed by atoms with Crippen LogP contribution >= 0.6 is 26.0 Å². The van der Waals surface area contributed by atoms with Gasteiger partial charge in [0.2, 0.25) is 6.30 Å². The molecule has 0 radical (unpaired) electrons. The molecule has 2 bridgehead atoms. The van der Waals surface area contributed by atoms with E-state index in [4.69, 9.17) is 42.8 Å². The number of hydrogen-bond acceptors (Lipinski definition) is 18. The zero-order chi connectivity index (χ0) is 40.4. The molecular weight excluding hydrogens is 814 g/mol. The number of halogens is 2. The van der Waals surface area contributed by atoms with Crippen LogP contribution in [0.1, 0.15) is 31.9 Å². The molecule has 5 heterocycles. The van der Waals surface area contributed by atoms with Gasteiger partial charge in [-0.15, -0.1) is 0 Å². The molecule has 1 unspecified atom stereocenters. The van der Waals surface area contributed by atoms with Crippen molar-refractivity contribution in [3.8, 4) is 5.75 Å². The number of carbonyl (C=O) groups excluding carboxylic acids is 1. The van der Waals surface area contributed by atoms with Crippen molar-refractivity contribution in [2.75, 3.05) is 26.1 Å². The number of imidazole rings is 1. The molecule has 9 atom stereocenters. The van der Waals surface area contributed by atoms with Crippen LogP contribution < -0.4 is 21.7 Å². The van der Waals surface area contributed by atoms with Crippen LogP contribution in [0.25, 0.3) is 11.2 Å². The molecule has 0 amide bonds. The molecule has 2 aliphatic heterocycles. The quantitative estimate of drug-likeness (QED) is 0.123. The number of anilines is 1. The maximum atomic E-state index is 16.5. The minimum Gasteiger partial charge on any atom is -0.431 e. The van der Waals surface area contributed by atoms with E-state index in [1.807, 2.05) is 4.98 Å². The summed E-state index contributed by atoms with van der Waals surface area (Å²) in [4.78, 5) is 61.1. The number of aromatic amines is 1. The molecule has 3 aromatic heterocycles. The zero-order valence-electron chi connectivity index (χ0n) is 29.5. The van der Waals surface area contributed by atoms with Crippen LogP contribution in [0.5, 0.6) is 5.75 Å². The lowest BCUT2D eigenvalue weighted by atomic mass is 10.1. The Morgan fingerprint density at radius 3 is 2.57 bits per heavy atom. The average Bonchev–Trinajstić information content (AvgIpc) is 3.71. The van der Waals surface area contributed by atoms with Gasteiger partial charge in [-0.25, -0.2) is 42.5 Å². The van der Waals surface area contributed by atoms with Gasteiger partial charge in [0.1, 0.15) is 42.0 Å². The summed E-state index contributed by atoms with van der Waals surface area (Å²) in [6.07, 6.45) is -12.3. The third kappa shape index (κ3) is 9.53. The van der Waals surface area contributed by atoms with Crippen LogP contribution in [-0.2, 0) is 47.2 Å². The summed E-state index contributed by atoms with van der Waals surface area (Å²) >= 11 is 0.543. The Hall–Kier alpha value is -4.09. The van der Waals surface area contributed by atoms with Crippen LogP contribution in [0.3, 0.4) is 0 Å². The number of benzene rings is 1. The van der Waals surface area contributed by atoms with E-state index < -0.39 is 94.5 Å². The number of rotatable bonds is 9. The number of nitrogens with two attached hydrogens (primary N) is 1. The van der Waals surface area contributed by atoms with E-state index in [2.05, 4.69) is 15.0 Å². The number of alkyl halides is 2. The summed E-state index contributed by atoms with van der Waals surface area (Å²) in [5, 5.41) is 0. The molecule has 26 heteroatoms. The molecule has 2 aliphatic rings. The molecule has 4 N–H and O–H groups in total. The molecule has 6 rings (SSSR count). The maximum Gasteiger partial charge on any atom is 0.514 e. The van der Waals surface area contributed by atoms with Crippen molar-refractivity contribution in [3.05, 3.63) is 75.6 Å². The normalized spacial score (nSPS) is 29.3. The number of carbonyl (C=O) groups is 1. The number of methoxy groups -OCH3 is 1. The largest absolute Gasteiger partial charge is 0.514 e. The molecule has 2 fully saturated rings. The highest BCUT2D eigenvalue weighted by Gasteiger charge is 2.53. The van der Waals surface area contributed by atoms with Gasteiger partial charge in [-0.1, -0.05) is 12.1 Å². The van der Waals surface area contributed by atoms with Gasteiger partial charge in [-0.3, -0.25) is 37.0 Å². The smallest absolute Gasteiger partial charge is 0.431 e. The highest BCUT2D eigenvalue weighted by atomic mass is 32.7. The van der Waals surface area contributed by atoms with Crippen molar-refractivity contribution in [3.63, 3.8) is 0 Å². The van der Waals surface area contributed by atoms with Gasteiger partial charge in [0.15, 0.2) is 23.9 Å². The SMILES string of the molecule is CO[C@@H]1CO[P@@](=O)(SCc2ccc(OC(=O)OC(C)C)cc2)O[C@@H]2[C@H](F)[C@@H](COP(=O)(O)O[C@H]1[C@@H](F)n1cnc3c(N)ncnc31)O[C@H]2n1ccc(=O)[nH]c1=O. The highest BCUT2D eigenvalue weighted by molar-refractivity contribution is 8.54. The molecule has 4 aromatic rings. The number of fused-ring (bicyclic) bond motifs is 3. The van der Waals surface area contributed by atoms with Gasteiger partial charge < -0.3 is 29.6 Å². The van der Waals surface area contributed by atoms with E-state index in [9.17, 15) is 28.4 Å². The lowest BCUT2D eigenvalue weighted by molar-refractivity contribution is -0.0935. The Morgan fingerprint density at radius 1 is 1.12 bits per heavy atom. The molecule has 2 saturated heterocycles. The molecule has 0 spiro atoms. The van der Waals surface area contributed by atoms with Crippen molar-refractivity contribution >= 4 is 49.1 Å². The Balaban J connectivity index is 1.34. The molecule has 0 aliphatic carbocycles.